The van der Waals surface area contributed by atoms with Gasteiger partial charge in [0, 0.05) is 20.1 Å². The van der Waals surface area contributed by atoms with Crippen molar-refractivity contribution in [1.82, 2.24) is 0 Å². The van der Waals surface area contributed by atoms with E-state index in [2.05, 4.69) is 45.2 Å². The largest absolute Gasteiger partial charge is 0.457 e. The molecule has 0 N–H and O–H groups in total. The second-order valence-corrected chi connectivity index (χ2v) is 13.7. The molecule has 0 heterocycles. The highest BCUT2D eigenvalue weighted by Gasteiger charge is 2.27. The summed E-state index contributed by atoms with van der Waals surface area (Å²) in [7, 11) is -3.73. The number of allylic oxidation sites excluding steroid dienone is 1. The molecule has 0 saturated heterocycles. The van der Waals surface area contributed by atoms with E-state index in [0.717, 1.165) is 21.1 Å². The molecular formula is C25H31I2NO4S. The zero-order valence-electron chi connectivity index (χ0n) is 19.6. The fraction of sp³-hybridized carbons (Fsp3) is 0.400. The van der Waals surface area contributed by atoms with Gasteiger partial charge in [-0.25, -0.2) is 13.2 Å². The van der Waals surface area contributed by atoms with Crippen LogP contribution in [0.5, 0.6) is 0 Å². The van der Waals surface area contributed by atoms with E-state index in [-0.39, 0.29) is 14.8 Å². The van der Waals surface area contributed by atoms with Gasteiger partial charge in [-0.15, -0.1) is 0 Å². The second kappa shape index (κ2) is 12.0. The molecule has 0 aliphatic heterocycles. The average Bonchev–Trinajstić information content (AvgIpc) is 2.70. The van der Waals surface area contributed by atoms with E-state index in [4.69, 9.17) is 4.74 Å². The summed E-state index contributed by atoms with van der Waals surface area (Å²) in [5.41, 5.74) is 2.24. The third-order valence-corrected chi connectivity index (χ3v) is 8.71. The first-order valence-electron chi connectivity index (χ1n) is 10.7. The van der Waals surface area contributed by atoms with Crippen molar-refractivity contribution < 1.29 is 17.9 Å². The molecule has 0 aliphatic carbocycles. The number of carbonyl (C=O) groups excluding carboxylic acids is 1. The van der Waals surface area contributed by atoms with Crippen molar-refractivity contribution >= 4 is 66.9 Å². The summed E-state index contributed by atoms with van der Waals surface area (Å²) >= 11 is 4.52. The topological polar surface area (TPSA) is 63.7 Å². The SMILES string of the molecule is Cc1ccc(S(=O)(=O)N(CC(I)CC/C=C/C(=O)OC(C)(C)C)c2ccc(C)c(I)c2)cc1. The maximum atomic E-state index is 13.6. The Morgan fingerprint density at radius 3 is 2.33 bits per heavy atom. The Hall–Kier alpha value is -1.14. The zero-order valence-corrected chi connectivity index (χ0v) is 24.8. The normalized spacial score (nSPS) is 13.2. The van der Waals surface area contributed by atoms with Gasteiger partial charge in [-0.05, 0) is 99.9 Å². The summed E-state index contributed by atoms with van der Waals surface area (Å²) < 4.78 is 35.0. The van der Waals surface area contributed by atoms with Gasteiger partial charge in [0.15, 0.2) is 0 Å². The van der Waals surface area contributed by atoms with Crippen LogP contribution in [0.25, 0.3) is 0 Å². The number of halogens is 2. The molecule has 0 radical (unpaired) electrons. The Balaban J connectivity index is 2.19. The highest BCUT2D eigenvalue weighted by atomic mass is 127. The first-order chi connectivity index (χ1) is 15.3. The number of carbonyl (C=O) groups is 1. The number of anilines is 1. The van der Waals surface area contributed by atoms with Crippen LogP contribution in [0.2, 0.25) is 0 Å². The number of aryl methyl sites for hydroxylation is 2. The maximum Gasteiger partial charge on any atom is 0.330 e. The van der Waals surface area contributed by atoms with Gasteiger partial charge in [0.05, 0.1) is 10.6 Å². The summed E-state index contributed by atoms with van der Waals surface area (Å²) in [5, 5.41) is 0. The number of sulfonamides is 1. The summed E-state index contributed by atoms with van der Waals surface area (Å²) in [6.07, 6.45) is 4.60. The third-order valence-electron chi connectivity index (χ3n) is 4.72. The summed E-state index contributed by atoms with van der Waals surface area (Å²) in [5.74, 6) is -0.370. The molecule has 0 aliphatic rings. The Kier molecular flexibility index (Phi) is 10.2. The lowest BCUT2D eigenvalue weighted by Crippen LogP contribution is -2.36. The van der Waals surface area contributed by atoms with Crippen LogP contribution in [-0.2, 0) is 19.6 Å². The molecule has 180 valence electrons. The van der Waals surface area contributed by atoms with Crippen LogP contribution in [0.4, 0.5) is 5.69 Å². The molecule has 2 aromatic carbocycles. The van der Waals surface area contributed by atoms with Crippen LogP contribution in [-0.4, -0.2) is 30.5 Å². The minimum absolute atomic E-state index is 0.0464. The lowest BCUT2D eigenvalue weighted by Gasteiger charge is -2.27. The number of rotatable bonds is 9. The van der Waals surface area contributed by atoms with Crippen molar-refractivity contribution in [1.29, 1.82) is 0 Å². The van der Waals surface area contributed by atoms with Crippen molar-refractivity contribution in [2.24, 2.45) is 0 Å². The summed E-state index contributed by atoms with van der Waals surface area (Å²) in [6.45, 7) is 9.75. The highest BCUT2D eigenvalue weighted by molar-refractivity contribution is 14.1. The molecular weight excluding hydrogens is 664 g/mol. The molecule has 0 spiro atoms. The molecule has 2 rings (SSSR count). The fourth-order valence-electron chi connectivity index (χ4n) is 2.98. The van der Waals surface area contributed by atoms with Crippen molar-refractivity contribution in [2.45, 2.75) is 61.9 Å². The Morgan fingerprint density at radius 1 is 1.12 bits per heavy atom. The van der Waals surface area contributed by atoms with Gasteiger partial charge in [-0.1, -0.05) is 52.4 Å². The Labute approximate surface area is 225 Å². The number of alkyl halides is 1. The number of hydrogen-bond donors (Lipinski definition) is 0. The monoisotopic (exact) mass is 695 g/mol. The van der Waals surface area contributed by atoms with Gasteiger partial charge < -0.3 is 4.74 Å². The van der Waals surface area contributed by atoms with Crippen LogP contribution in [0.15, 0.2) is 59.5 Å². The van der Waals surface area contributed by atoms with Gasteiger partial charge in [0.25, 0.3) is 10.0 Å². The number of ether oxygens (including phenoxy) is 1. The number of benzene rings is 2. The molecule has 0 bridgehead atoms. The van der Waals surface area contributed by atoms with E-state index in [1.807, 2.05) is 65.0 Å². The number of hydrogen-bond acceptors (Lipinski definition) is 4. The predicted octanol–water partition coefficient (Wildman–Crippen LogP) is 6.59. The van der Waals surface area contributed by atoms with E-state index in [1.54, 1.807) is 18.2 Å². The van der Waals surface area contributed by atoms with Crippen LogP contribution >= 0.6 is 45.2 Å². The van der Waals surface area contributed by atoms with Crippen molar-refractivity contribution in [3.05, 3.63) is 69.3 Å². The van der Waals surface area contributed by atoms with Crippen LogP contribution in [0, 0.1) is 17.4 Å². The minimum Gasteiger partial charge on any atom is -0.457 e. The predicted molar refractivity (Wildman–Crippen MR) is 152 cm³/mol. The Morgan fingerprint density at radius 2 is 1.76 bits per heavy atom. The van der Waals surface area contributed by atoms with Gasteiger partial charge >= 0.3 is 5.97 Å². The molecule has 0 fully saturated rings. The molecule has 33 heavy (non-hydrogen) atoms. The maximum absolute atomic E-state index is 13.6. The highest BCUT2D eigenvalue weighted by Crippen LogP contribution is 2.29. The quantitative estimate of drug-likeness (QED) is 0.129. The molecule has 2 aromatic rings. The van der Waals surface area contributed by atoms with E-state index >= 15 is 0 Å². The summed E-state index contributed by atoms with van der Waals surface area (Å²) in [6, 6.07) is 12.6. The molecule has 8 heteroatoms. The van der Waals surface area contributed by atoms with Crippen LogP contribution in [0.1, 0.15) is 44.7 Å². The van der Waals surface area contributed by atoms with Crippen molar-refractivity contribution in [3.63, 3.8) is 0 Å². The van der Waals surface area contributed by atoms with Gasteiger partial charge in [-0.3, -0.25) is 4.31 Å². The number of nitrogens with zero attached hydrogens (tertiary/aromatic N) is 1. The van der Waals surface area contributed by atoms with Gasteiger partial charge in [-0.2, -0.15) is 0 Å². The smallest absolute Gasteiger partial charge is 0.330 e. The summed E-state index contributed by atoms with van der Waals surface area (Å²) in [4.78, 5) is 12.1. The van der Waals surface area contributed by atoms with Gasteiger partial charge in [0.2, 0.25) is 0 Å². The van der Waals surface area contributed by atoms with Gasteiger partial charge in [0.1, 0.15) is 5.60 Å². The molecule has 0 aromatic heterocycles. The number of esters is 1. The lowest BCUT2D eigenvalue weighted by molar-refractivity contribution is -0.148. The standard InChI is InChI=1S/C25H31I2NO4S/c1-18-10-14-22(15-11-18)33(30,31)28(21-13-12-19(2)23(27)16-21)17-20(26)8-6-7-9-24(29)32-25(3,4)5/h7,9-16,20H,6,8,17H2,1-5H3/b9-7+. The third kappa shape index (κ3) is 8.86. The van der Waals surface area contributed by atoms with Crippen LogP contribution < -0.4 is 4.31 Å². The molecule has 0 saturated carbocycles. The van der Waals surface area contributed by atoms with Crippen LogP contribution in [0.3, 0.4) is 0 Å². The zero-order chi connectivity index (χ0) is 24.8. The first-order valence-corrected chi connectivity index (χ1v) is 14.5. The lowest BCUT2D eigenvalue weighted by atomic mass is 10.2. The first kappa shape index (κ1) is 28.1. The Bertz CT molecular complexity index is 1090. The molecule has 1 unspecified atom stereocenters. The van der Waals surface area contributed by atoms with E-state index in [0.29, 0.717) is 18.7 Å². The molecule has 0 amide bonds. The van der Waals surface area contributed by atoms with E-state index in [9.17, 15) is 13.2 Å². The van der Waals surface area contributed by atoms with E-state index < -0.39 is 15.6 Å². The average molecular weight is 695 g/mol. The second-order valence-electron chi connectivity index (χ2n) is 8.89. The molecule has 1 atom stereocenters. The fourth-order valence-corrected chi connectivity index (χ4v) is 6.00. The minimum atomic E-state index is -3.73. The van der Waals surface area contributed by atoms with Crippen molar-refractivity contribution in [2.75, 3.05) is 10.8 Å². The molecule has 5 nitrogen and oxygen atoms in total. The van der Waals surface area contributed by atoms with Crippen molar-refractivity contribution in [3.8, 4) is 0 Å². The van der Waals surface area contributed by atoms with E-state index in [1.165, 1.54) is 10.4 Å².